The molecule has 1 aromatic heterocycles. The van der Waals surface area contributed by atoms with Crippen molar-refractivity contribution in [3.63, 3.8) is 0 Å². The Morgan fingerprint density at radius 1 is 1.24 bits per heavy atom. The van der Waals surface area contributed by atoms with Crippen molar-refractivity contribution in [3.05, 3.63) is 41.2 Å². The van der Waals surface area contributed by atoms with Gasteiger partial charge >= 0.3 is 0 Å². The Bertz CT molecular complexity index is 1170. The van der Waals surface area contributed by atoms with Crippen molar-refractivity contribution in [1.29, 1.82) is 0 Å². The molecule has 0 bridgehead atoms. The molecule has 0 aliphatic heterocycles. The molecular weight excluding hydrogens is 478 g/mol. The molecule has 0 spiro atoms. The molecule has 3 fully saturated rings. The van der Waals surface area contributed by atoms with E-state index in [0.717, 1.165) is 62.8 Å². The first kappa shape index (κ1) is 26.9. The van der Waals surface area contributed by atoms with Gasteiger partial charge in [0.05, 0.1) is 11.8 Å². The summed E-state index contributed by atoms with van der Waals surface area (Å²) in [6.45, 7) is 6.43. The van der Waals surface area contributed by atoms with Crippen LogP contribution in [-0.2, 0) is 9.63 Å². The Morgan fingerprint density at radius 2 is 2.03 bits per heavy atom. The molecule has 0 radical (unpaired) electrons. The lowest BCUT2D eigenvalue weighted by Crippen LogP contribution is -2.54. The zero-order chi connectivity index (χ0) is 27.1. The van der Waals surface area contributed by atoms with Gasteiger partial charge in [0.1, 0.15) is 5.60 Å². The van der Waals surface area contributed by atoms with Crippen LogP contribution in [0.3, 0.4) is 0 Å². The van der Waals surface area contributed by atoms with Gasteiger partial charge in [0.2, 0.25) is 0 Å². The van der Waals surface area contributed by atoms with Crippen LogP contribution >= 0.6 is 0 Å². The maximum absolute atomic E-state index is 12.2. The summed E-state index contributed by atoms with van der Waals surface area (Å²) in [5.41, 5.74) is 2.86. The summed E-state index contributed by atoms with van der Waals surface area (Å²) >= 11 is 0. The molecular formula is C31H41N3O4. The molecule has 0 unspecified atom stereocenters. The lowest BCUT2D eigenvalue weighted by molar-refractivity contribution is -0.126. The molecule has 1 amide bonds. The van der Waals surface area contributed by atoms with Crippen LogP contribution in [0.25, 0.3) is 0 Å². The van der Waals surface area contributed by atoms with Crippen LogP contribution in [-0.4, -0.2) is 45.6 Å². The Kier molecular flexibility index (Phi) is 7.17. The van der Waals surface area contributed by atoms with Gasteiger partial charge in [-0.2, -0.15) is 0 Å². The summed E-state index contributed by atoms with van der Waals surface area (Å²) in [6, 6.07) is 3.63. The number of nitrogens with one attached hydrogen (secondary N) is 1. The average molecular weight is 520 g/mol. The van der Waals surface area contributed by atoms with Gasteiger partial charge in [-0.25, -0.2) is 0 Å². The third-order valence-corrected chi connectivity index (χ3v) is 10.6. The van der Waals surface area contributed by atoms with Gasteiger partial charge in [-0.1, -0.05) is 36.6 Å². The second kappa shape index (κ2) is 10.1. The van der Waals surface area contributed by atoms with Crippen LogP contribution in [0.2, 0.25) is 0 Å². The molecule has 0 saturated heterocycles. The first-order valence-electron chi connectivity index (χ1n) is 14.1. The number of terminal acetylenes is 1. The monoisotopic (exact) mass is 519 g/mol. The minimum absolute atomic E-state index is 0.0905. The highest BCUT2D eigenvalue weighted by Crippen LogP contribution is 2.67. The number of oxime groups is 1. The van der Waals surface area contributed by atoms with E-state index < -0.39 is 11.7 Å². The normalized spacial score (nSPS) is 37.7. The van der Waals surface area contributed by atoms with Crippen LogP contribution in [0.4, 0.5) is 0 Å². The third-order valence-electron chi connectivity index (χ3n) is 10.6. The molecule has 204 valence electrons. The summed E-state index contributed by atoms with van der Waals surface area (Å²) < 4.78 is 0. The summed E-state index contributed by atoms with van der Waals surface area (Å²) in [5, 5.41) is 28.4. The van der Waals surface area contributed by atoms with Crippen molar-refractivity contribution in [2.75, 3.05) is 13.2 Å². The Hall–Kier alpha value is -2.69. The van der Waals surface area contributed by atoms with E-state index in [4.69, 9.17) is 11.3 Å². The topological polar surface area (TPSA) is 104 Å². The van der Waals surface area contributed by atoms with Gasteiger partial charge in [-0.15, -0.1) is 6.42 Å². The predicted molar refractivity (Wildman–Crippen MR) is 146 cm³/mol. The Balaban J connectivity index is 1.16. The van der Waals surface area contributed by atoms with Crippen LogP contribution in [0, 0.1) is 47.9 Å². The van der Waals surface area contributed by atoms with Crippen molar-refractivity contribution in [3.8, 4) is 12.3 Å². The molecule has 0 aromatic carbocycles. The maximum atomic E-state index is 12.2. The highest BCUT2D eigenvalue weighted by atomic mass is 16.6. The first-order chi connectivity index (χ1) is 18.1. The number of rotatable bonds is 6. The van der Waals surface area contributed by atoms with Gasteiger partial charge in [0, 0.05) is 29.4 Å². The van der Waals surface area contributed by atoms with Crippen molar-refractivity contribution in [2.45, 2.75) is 83.8 Å². The van der Waals surface area contributed by atoms with Crippen LogP contribution in [0.1, 0.15) is 82.6 Å². The molecule has 3 saturated carbocycles. The second-order valence-corrected chi connectivity index (χ2v) is 12.4. The van der Waals surface area contributed by atoms with Crippen molar-refractivity contribution < 1.29 is 19.8 Å². The number of carbonyl (C=O) groups excluding carboxylic acids is 1. The number of pyridine rings is 1. The predicted octanol–water partition coefficient (Wildman–Crippen LogP) is 4.24. The molecule has 4 aliphatic rings. The number of hydrogen-bond donors (Lipinski definition) is 3. The minimum Gasteiger partial charge on any atom is -0.387 e. The summed E-state index contributed by atoms with van der Waals surface area (Å²) in [5.74, 6) is 4.13. The van der Waals surface area contributed by atoms with E-state index in [-0.39, 0.29) is 29.9 Å². The third kappa shape index (κ3) is 4.56. The van der Waals surface area contributed by atoms with Gasteiger partial charge in [0.15, 0.2) is 6.61 Å². The summed E-state index contributed by atoms with van der Waals surface area (Å²) in [6.07, 6.45) is 16.6. The fourth-order valence-electron chi connectivity index (χ4n) is 8.13. The lowest BCUT2D eigenvalue weighted by atomic mass is 9.46. The van der Waals surface area contributed by atoms with E-state index in [1.165, 1.54) is 5.57 Å². The molecule has 3 N–H and O–H groups in total. The number of hydrogen-bond acceptors (Lipinski definition) is 6. The summed E-state index contributed by atoms with van der Waals surface area (Å²) in [4.78, 5) is 21.8. The molecule has 38 heavy (non-hydrogen) atoms. The number of aryl methyl sites for hydroxylation is 1. The van der Waals surface area contributed by atoms with E-state index >= 15 is 0 Å². The largest absolute Gasteiger partial charge is 0.387 e. The number of aliphatic hydroxyl groups is 2. The summed E-state index contributed by atoms with van der Waals surface area (Å²) in [7, 11) is 0. The molecule has 1 aromatic rings. The van der Waals surface area contributed by atoms with Gasteiger partial charge in [-0.05, 0) is 93.6 Å². The van der Waals surface area contributed by atoms with Crippen LogP contribution < -0.4 is 5.32 Å². The highest BCUT2D eigenvalue weighted by Gasteiger charge is 2.63. The number of fused-ring (bicyclic) bond motifs is 5. The number of carbonyl (C=O) groups is 1. The standard InChI is InChI=1S/C31H41N3O4/c1-5-31(37)15-12-26-24-9-8-22-16-23(10-13-29(22,3)25(24)11-14-30(26,31)4)34-38-19-28(36)33-18-27(35)21-7-6-20(2)32-17-21/h1,6-7,16-17,24-27,35,37H,8-15,18-19H2,2-4H3,(H,33,36)/t24-,25-,26-,27-,29-,30-,31-/m1/s1. The zero-order valence-corrected chi connectivity index (χ0v) is 22.9. The molecule has 7 heteroatoms. The van der Waals surface area contributed by atoms with Crippen molar-refractivity contribution in [1.82, 2.24) is 10.3 Å². The molecule has 7 nitrogen and oxygen atoms in total. The van der Waals surface area contributed by atoms with Crippen LogP contribution in [0.5, 0.6) is 0 Å². The van der Waals surface area contributed by atoms with E-state index in [1.54, 1.807) is 12.3 Å². The molecule has 5 rings (SSSR count). The maximum Gasteiger partial charge on any atom is 0.260 e. The smallest absolute Gasteiger partial charge is 0.260 e. The second-order valence-electron chi connectivity index (χ2n) is 12.4. The first-order valence-corrected chi connectivity index (χ1v) is 14.1. The molecule has 7 atom stereocenters. The quantitative estimate of drug-likeness (QED) is 0.385. The molecule has 1 heterocycles. The number of allylic oxidation sites excluding steroid dienone is 2. The fraction of sp³-hybridized carbons (Fsp3) is 0.645. The van der Waals surface area contributed by atoms with Gasteiger partial charge in [-0.3, -0.25) is 9.78 Å². The molecule has 4 aliphatic carbocycles. The van der Waals surface area contributed by atoms with E-state index in [1.807, 2.05) is 13.0 Å². The van der Waals surface area contributed by atoms with Gasteiger partial charge < -0.3 is 20.4 Å². The van der Waals surface area contributed by atoms with Crippen molar-refractivity contribution in [2.24, 2.45) is 33.7 Å². The fourth-order valence-corrected chi connectivity index (χ4v) is 8.13. The number of amides is 1. The minimum atomic E-state index is -0.967. The highest BCUT2D eigenvalue weighted by molar-refractivity contribution is 5.96. The van der Waals surface area contributed by atoms with Crippen molar-refractivity contribution >= 4 is 11.6 Å². The SMILES string of the molecule is C#C[C@@]1(O)CC[C@@H]2[C@@H]3CCC4=CC(=NOCC(=O)NC[C@@H](O)c5ccc(C)nc5)CC[C@@]4(C)[C@@H]3CC[C@]21C. The number of aromatic nitrogens is 1. The average Bonchev–Trinajstić information content (AvgIpc) is 3.18. The van der Waals surface area contributed by atoms with E-state index in [9.17, 15) is 15.0 Å². The Morgan fingerprint density at radius 3 is 2.76 bits per heavy atom. The number of nitrogens with zero attached hydrogens (tertiary/aromatic N) is 2. The van der Waals surface area contributed by atoms with Crippen LogP contribution in [0.15, 0.2) is 35.1 Å². The van der Waals surface area contributed by atoms with E-state index in [0.29, 0.717) is 23.3 Å². The lowest BCUT2D eigenvalue weighted by Gasteiger charge is -2.58. The van der Waals surface area contributed by atoms with E-state index in [2.05, 4.69) is 41.3 Å². The van der Waals surface area contributed by atoms with Gasteiger partial charge in [0.25, 0.3) is 5.91 Å². The number of aliphatic hydroxyl groups excluding tert-OH is 1. The Labute approximate surface area is 226 Å². The zero-order valence-electron chi connectivity index (χ0n) is 22.9.